The van der Waals surface area contributed by atoms with Gasteiger partial charge < -0.3 is 15.8 Å². The maximum Gasteiger partial charge on any atom is 0.416 e. The van der Waals surface area contributed by atoms with E-state index in [4.69, 9.17) is 15.6 Å². The standard InChI is InChI=1S/C32H36F3N5O5/c1-2-39-30-24(22(15-6-7-15)26(31(39)44)37-29(43)16-4-3-5-18(12-16)32(33,34)35)25(38-40(30)19-8-10-45-11-9-19)27(41)23-20-13-17(20)14-21(23)28(36)42/h3-5,12,15,17,19-23,26H,2,6-11,13-14H2,1H3,(H2,36,42)(H,37,43)/t17-,20-,21-,22-,23?,26-/m0/s1. The fourth-order valence-electron chi connectivity index (χ4n) is 8.04. The number of alkyl halides is 3. The van der Waals surface area contributed by atoms with Crippen LogP contribution in [0.3, 0.4) is 0 Å². The van der Waals surface area contributed by atoms with Crippen LogP contribution in [0.4, 0.5) is 19.0 Å². The average molecular weight is 628 g/mol. The first-order chi connectivity index (χ1) is 21.5. The molecule has 3 amide bonds. The normalized spacial score (nSPS) is 29.7. The Kier molecular flexibility index (Phi) is 7.29. The van der Waals surface area contributed by atoms with Gasteiger partial charge in [0.25, 0.3) is 11.8 Å². The Morgan fingerprint density at radius 1 is 1.09 bits per heavy atom. The number of likely N-dealkylation sites (N-methyl/N-ethyl adjacent to an activating group) is 1. The molecule has 240 valence electrons. The van der Waals surface area contributed by atoms with E-state index < -0.39 is 53.3 Å². The SMILES string of the molecule is CCN1C(=O)[C@@H](NC(=O)c2cccc(C(F)(F)F)c2)[C@@H](C2CC2)c2c(C(=O)C3[C@@H](C(N)=O)C[C@@H]4C[C@H]34)nn(C3CCOCC3)c21. The zero-order chi connectivity index (χ0) is 31.8. The second kappa shape index (κ2) is 11.0. The van der Waals surface area contributed by atoms with Crippen molar-refractivity contribution in [2.24, 2.45) is 35.3 Å². The molecule has 4 fully saturated rings. The van der Waals surface area contributed by atoms with Crippen LogP contribution in [0.15, 0.2) is 24.3 Å². The molecule has 1 saturated heterocycles. The van der Waals surface area contributed by atoms with E-state index in [1.54, 1.807) is 11.6 Å². The van der Waals surface area contributed by atoms with Crippen molar-refractivity contribution in [3.05, 3.63) is 46.6 Å². The van der Waals surface area contributed by atoms with Crippen LogP contribution in [0.2, 0.25) is 0 Å². The van der Waals surface area contributed by atoms with E-state index in [-0.39, 0.29) is 47.4 Å². The molecule has 13 heteroatoms. The Hall–Kier alpha value is -3.74. The molecule has 3 aliphatic carbocycles. The summed E-state index contributed by atoms with van der Waals surface area (Å²) < 4.78 is 47.7. The molecule has 7 rings (SSSR count). The Morgan fingerprint density at radius 3 is 2.47 bits per heavy atom. The molecule has 0 radical (unpaired) electrons. The van der Waals surface area contributed by atoms with E-state index in [0.717, 1.165) is 37.5 Å². The van der Waals surface area contributed by atoms with Gasteiger partial charge in [0, 0.05) is 48.6 Å². The number of halogens is 3. The fourth-order valence-corrected chi connectivity index (χ4v) is 8.04. The lowest BCUT2D eigenvalue weighted by molar-refractivity contribution is -0.137. The van der Waals surface area contributed by atoms with Crippen molar-refractivity contribution in [1.29, 1.82) is 0 Å². The summed E-state index contributed by atoms with van der Waals surface area (Å²) in [5.74, 6) is -2.94. The second-order valence-corrected chi connectivity index (χ2v) is 13.1. The molecule has 1 unspecified atom stereocenters. The number of primary amides is 1. The Labute approximate surface area is 257 Å². The quantitative estimate of drug-likeness (QED) is 0.427. The van der Waals surface area contributed by atoms with E-state index in [0.29, 0.717) is 43.9 Å². The first-order valence-corrected chi connectivity index (χ1v) is 15.8. The van der Waals surface area contributed by atoms with Crippen LogP contribution in [0.1, 0.15) is 89.4 Å². The van der Waals surface area contributed by atoms with Gasteiger partial charge in [-0.3, -0.25) is 24.1 Å². The van der Waals surface area contributed by atoms with Crippen molar-refractivity contribution in [2.45, 2.75) is 69.6 Å². The van der Waals surface area contributed by atoms with Crippen molar-refractivity contribution < 1.29 is 37.1 Å². The third-order valence-electron chi connectivity index (χ3n) is 10.5. The van der Waals surface area contributed by atoms with Crippen LogP contribution >= 0.6 is 0 Å². The van der Waals surface area contributed by atoms with Crippen molar-refractivity contribution in [3.8, 4) is 0 Å². The summed E-state index contributed by atoms with van der Waals surface area (Å²) in [6.45, 7) is 3.02. The number of rotatable bonds is 8. The number of fused-ring (bicyclic) bond motifs is 2. The van der Waals surface area contributed by atoms with Crippen LogP contribution in [-0.2, 0) is 20.5 Å². The minimum atomic E-state index is -4.64. The van der Waals surface area contributed by atoms with Crippen LogP contribution < -0.4 is 16.0 Å². The number of nitrogens with one attached hydrogen (secondary N) is 1. The number of hydrogen-bond donors (Lipinski definition) is 2. The van der Waals surface area contributed by atoms with Gasteiger partial charge in [-0.1, -0.05) is 6.07 Å². The molecule has 1 aromatic carbocycles. The van der Waals surface area contributed by atoms with Crippen molar-refractivity contribution >= 4 is 29.3 Å². The van der Waals surface area contributed by atoms with Crippen molar-refractivity contribution in [1.82, 2.24) is 15.1 Å². The topological polar surface area (TPSA) is 137 Å². The van der Waals surface area contributed by atoms with Crippen LogP contribution in [-0.4, -0.2) is 59.1 Å². The van der Waals surface area contributed by atoms with E-state index in [1.807, 2.05) is 0 Å². The highest BCUT2D eigenvalue weighted by Gasteiger charge is 2.60. The predicted octanol–water partition coefficient (Wildman–Crippen LogP) is 3.85. The summed E-state index contributed by atoms with van der Waals surface area (Å²) in [7, 11) is 0. The molecule has 3 N–H and O–H groups in total. The number of ether oxygens (including phenoxy) is 1. The zero-order valence-corrected chi connectivity index (χ0v) is 24.9. The van der Waals surface area contributed by atoms with Gasteiger partial charge in [0.15, 0.2) is 5.78 Å². The molecule has 0 spiro atoms. The Morgan fingerprint density at radius 2 is 1.82 bits per heavy atom. The van der Waals surface area contributed by atoms with Crippen LogP contribution in [0, 0.1) is 29.6 Å². The number of carbonyl (C=O) groups is 4. The van der Waals surface area contributed by atoms with Gasteiger partial charge in [-0.15, -0.1) is 0 Å². The molecule has 5 aliphatic rings. The molecule has 6 atom stereocenters. The monoisotopic (exact) mass is 627 g/mol. The highest BCUT2D eigenvalue weighted by atomic mass is 19.4. The van der Waals surface area contributed by atoms with Crippen molar-refractivity contribution in [2.75, 3.05) is 24.7 Å². The number of hydrogen-bond acceptors (Lipinski definition) is 6. The minimum Gasteiger partial charge on any atom is -0.381 e. The van der Waals surface area contributed by atoms with E-state index in [1.165, 1.54) is 11.0 Å². The van der Waals surface area contributed by atoms with Gasteiger partial charge in [-0.2, -0.15) is 18.3 Å². The minimum absolute atomic E-state index is 0.0402. The van der Waals surface area contributed by atoms with Gasteiger partial charge in [0.1, 0.15) is 17.6 Å². The molecule has 45 heavy (non-hydrogen) atoms. The maximum absolute atomic E-state index is 14.5. The summed E-state index contributed by atoms with van der Waals surface area (Å²) in [5.41, 5.74) is 5.37. The summed E-state index contributed by atoms with van der Waals surface area (Å²) >= 11 is 0. The smallest absolute Gasteiger partial charge is 0.381 e. The number of nitrogens with two attached hydrogens (primary N) is 1. The molecular formula is C32H36F3N5O5. The molecule has 3 heterocycles. The van der Waals surface area contributed by atoms with Crippen LogP contribution in [0.25, 0.3) is 0 Å². The predicted molar refractivity (Wildman–Crippen MR) is 154 cm³/mol. The van der Waals surface area contributed by atoms with Gasteiger partial charge in [-0.25, -0.2) is 4.68 Å². The number of nitrogens with zero attached hydrogens (tertiary/aromatic N) is 3. The molecule has 2 aliphatic heterocycles. The Bertz CT molecular complexity index is 1560. The first-order valence-electron chi connectivity index (χ1n) is 15.8. The maximum atomic E-state index is 14.5. The van der Waals surface area contributed by atoms with Crippen LogP contribution in [0.5, 0.6) is 0 Å². The van der Waals surface area contributed by atoms with E-state index in [9.17, 15) is 32.3 Å². The fraction of sp³-hybridized carbons (Fsp3) is 0.594. The number of anilines is 1. The van der Waals surface area contributed by atoms with Gasteiger partial charge in [-0.05, 0) is 81.4 Å². The first kappa shape index (κ1) is 29.9. The largest absolute Gasteiger partial charge is 0.416 e. The lowest BCUT2D eigenvalue weighted by atomic mass is 9.78. The molecule has 2 aromatic rings. The molecule has 1 aromatic heterocycles. The lowest BCUT2D eigenvalue weighted by Crippen LogP contribution is -2.56. The number of benzene rings is 1. The molecule has 0 bridgehead atoms. The zero-order valence-electron chi connectivity index (χ0n) is 24.9. The van der Waals surface area contributed by atoms with E-state index >= 15 is 0 Å². The summed E-state index contributed by atoms with van der Waals surface area (Å²) in [5, 5.41) is 7.71. The Balaban J connectivity index is 1.33. The molecule has 3 saturated carbocycles. The number of Topliss-reactive ketones (excluding diaryl/α,β-unsaturated/α-hetero) is 1. The van der Waals surface area contributed by atoms with Gasteiger partial charge in [0.2, 0.25) is 5.91 Å². The number of carbonyl (C=O) groups excluding carboxylic acids is 4. The van der Waals surface area contributed by atoms with Crippen molar-refractivity contribution in [3.63, 3.8) is 0 Å². The summed E-state index contributed by atoms with van der Waals surface area (Å²) in [6.07, 6.45) is -0.435. The molecule has 10 nitrogen and oxygen atoms in total. The molecular weight excluding hydrogens is 591 g/mol. The highest BCUT2D eigenvalue weighted by molar-refractivity contribution is 6.08. The van der Waals surface area contributed by atoms with Gasteiger partial charge >= 0.3 is 6.18 Å². The number of ketones is 1. The van der Waals surface area contributed by atoms with Gasteiger partial charge in [0.05, 0.1) is 11.6 Å². The summed E-state index contributed by atoms with van der Waals surface area (Å²) in [6, 6.07) is 2.85. The third-order valence-corrected chi connectivity index (χ3v) is 10.5. The third kappa shape index (κ3) is 5.12. The summed E-state index contributed by atoms with van der Waals surface area (Å²) in [4.78, 5) is 56.2. The number of aromatic nitrogens is 2. The average Bonchev–Trinajstić information content (AvgIpc) is 3.94. The second-order valence-electron chi connectivity index (χ2n) is 13.1. The highest BCUT2D eigenvalue weighted by Crippen LogP contribution is 2.60. The van der Waals surface area contributed by atoms with E-state index in [2.05, 4.69) is 5.32 Å². The lowest BCUT2D eigenvalue weighted by Gasteiger charge is -2.39. The number of amides is 3.